The predicted octanol–water partition coefficient (Wildman–Crippen LogP) is 2.57. The first-order valence-corrected chi connectivity index (χ1v) is 13.1. The molecular weight excluding hydrogens is 438 g/mol. The topological polar surface area (TPSA) is 106 Å². The zero-order chi connectivity index (χ0) is 22.4. The molecular formula is C20H29N5O4S2. The summed E-state index contributed by atoms with van der Waals surface area (Å²) < 4.78 is 32.6. The molecule has 3 rings (SSSR count). The van der Waals surface area contributed by atoms with Crippen LogP contribution in [0.1, 0.15) is 37.9 Å². The molecule has 1 saturated heterocycles. The minimum atomic E-state index is -3.23. The molecule has 1 amide bonds. The van der Waals surface area contributed by atoms with Gasteiger partial charge in [0.05, 0.1) is 19.1 Å². The molecule has 0 spiro atoms. The first kappa shape index (κ1) is 23.6. The first-order valence-electron chi connectivity index (χ1n) is 10.3. The van der Waals surface area contributed by atoms with Gasteiger partial charge < -0.3 is 14.6 Å². The molecule has 2 aromatic rings. The van der Waals surface area contributed by atoms with Crippen LogP contribution in [0.3, 0.4) is 0 Å². The molecule has 0 saturated carbocycles. The molecule has 1 fully saturated rings. The third kappa shape index (κ3) is 6.20. The van der Waals surface area contributed by atoms with E-state index in [0.717, 1.165) is 37.4 Å². The molecule has 1 aliphatic rings. The Hall–Kier alpha value is -2.11. The molecule has 31 heavy (non-hydrogen) atoms. The highest BCUT2D eigenvalue weighted by molar-refractivity contribution is 7.99. The number of carbonyl (C=O) groups is 1. The van der Waals surface area contributed by atoms with Crippen LogP contribution in [0, 0.1) is 0 Å². The highest BCUT2D eigenvalue weighted by Crippen LogP contribution is 2.30. The minimum Gasteiger partial charge on any atom is -0.497 e. The first-order chi connectivity index (χ1) is 14.8. The van der Waals surface area contributed by atoms with Crippen molar-refractivity contribution in [1.29, 1.82) is 0 Å². The van der Waals surface area contributed by atoms with Gasteiger partial charge in [-0.2, -0.15) is 0 Å². The van der Waals surface area contributed by atoms with Gasteiger partial charge >= 0.3 is 0 Å². The van der Waals surface area contributed by atoms with Crippen LogP contribution >= 0.6 is 11.8 Å². The number of nitrogens with zero attached hydrogens (tertiary/aromatic N) is 4. The summed E-state index contributed by atoms with van der Waals surface area (Å²) in [5, 5.41) is 12.2. The standard InChI is InChI=1S/C20H29N5O4S2/c1-4-11-25-19(15-6-5-12-24(13-15)31(3,27)28)22-23-20(25)30-14-18(26)21-16-7-9-17(29-2)10-8-16/h7-10,15H,4-6,11-14H2,1-3H3,(H,21,26)/t15-/m1/s1. The summed E-state index contributed by atoms with van der Waals surface area (Å²) in [7, 11) is -1.64. The second kappa shape index (κ2) is 10.5. The Morgan fingerprint density at radius 2 is 2.03 bits per heavy atom. The average Bonchev–Trinajstić information content (AvgIpc) is 3.15. The largest absolute Gasteiger partial charge is 0.497 e. The third-order valence-electron chi connectivity index (χ3n) is 5.12. The second-order valence-corrected chi connectivity index (χ2v) is 10.4. The molecule has 170 valence electrons. The summed E-state index contributed by atoms with van der Waals surface area (Å²) in [5.41, 5.74) is 0.699. The van der Waals surface area contributed by atoms with Crippen LogP contribution in [0.4, 0.5) is 5.69 Å². The van der Waals surface area contributed by atoms with Gasteiger partial charge in [0.2, 0.25) is 15.9 Å². The van der Waals surface area contributed by atoms with E-state index < -0.39 is 10.0 Å². The van der Waals surface area contributed by atoms with Gasteiger partial charge in [0, 0.05) is 31.2 Å². The molecule has 0 bridgehead atoms. The number of rotatable bonds is 9. The van der Waals surface area contributed by atoms with Crippen LogP contribution in [-0.4, -0.2) is 65.6 Å². The molecule has 9 nitrogen and oxygen atoms in total. The second-order valence-electron chi connectivity index (χ2n) is 7.52. The summed E-state index contributed by atoms with van der Waals surface area (Å²) in [6, 6.07) is 7.15. The van der Waals surface area contributed by atoms with Gasteiger partial charge in [0.25, 0.3) is 0 Å². The number of sulfonamides is 1. The maximum absolute atomic E-state index is 12.4. The minimum absolute atomic E-state index is 0.00463. The monoisotopic (exact) mass is 467 g/mol. The quantitative estimate of drug-likeness (QED) is 0.565. The van der Waals surface area contributed by atoms with E-state index in [1.807, 2.05) is 4.57 Å². The Morgan fingerprint density at radius 1 is 1.29 bits per heavy atom. The summed E-state index contributed by atoms with van der Waals surface area (Å²) in [5.74, 6) is 1.60. The molecule has 1 N–H and O–H groups in total. The summed E-state index contributed by atoms with van der Waals surface area (Å²) >= 11 is 1.33. The Morgan fingerprint density at radius 3 is 2.68 bits per heavy atom. The maximum Gasteiger partial charge on any atom is 0.234 e. The zero-order valence-electron chi connectivity index (χ0n) is 18.1. The number of benzene rings is 1. The van der Waals surface area contributed by atoms with Crippen molar-refractivity contribution in [3.05, 3.63) is 30.1 Å². The highest BCUT2D eigenvalue weighted by Gasteiger charge is 2.30. The van der Waals surface area contributed by atoms with Crippen LogP contribution in [-0.2, 0) is 21.4 Å². The van der Waals surface area contributed by atoms with Crippen molar-refractivity contribution in [1.82, 2.24) is 19.1 Å². The lowest BCUT2D eigenvalue weighted by Crippen LogP contribution is -2.39. The average molecular weight is 468 g/mol. The van der Waals surface area contributed by atoms with Crippen LogP contribution in [0.25, 0.3) is 0 Å². The van der Waals surface area contributed by atoms with Crippen molar-refractivity contribution < 1.29 is 17.9 Å². The van der Waals surface area contributed by atoms with E-state index in [4.69, 9.17) is 4.74 Å². The van der Waals surface area contributed by atoms with Gasteiger partial charge in [-0.05, 0) is 43.5 Å². The van der Waals surface area contributed by atoms with Gasteiger partial charge in [-0.25, -0.2) is 12.7 Å². The SMILES string of the molecule is CCCn1c(SCC(=O)Nc2ccc(OC)cc2)nnc1[C@@H]1CCCN(S(C)(=O)=O)C1. The number of methoxy groups -OCH3 is 1. The Balaban J connectivity index is 1.66. The Kier molecular flexibility index (Phi) is 7.95. The molecule has 1 aromatic carbocycles. The zero-order valence-corrected chi connectivity index (χ0v) is 19.7. The van der Waals surface area contributed by atoms with E-state index in [-0.39, 0.29) is 17.6 Å². The van der Waals surface area contributed by atoms with Crippen molar-refractivity contribution in [3.8, 4) is 5.75 Å². The maximum atomic E-state index is 12.4. The number of aromatic nitrogens is 3. The highest BCUT2D eigenvalue weighted by atomic mass is 32.2. The summed E-state index contributed by atoms with van der Waals surface area (Å²) in [6.07, 6.45) is 3.80. The van der Waals surface area contributed by atoms with Crippen molar-refractivity contribution in [3.63, 3.8) is 0 Å². The van der Waals surface area contributed by atoms with Crippen molar-refractivity contribution in [2.24, 2.45) is 0 Å². The number of ether oxygens (including phenoxy) is 1. The fourth-order valence-electron chi connectivity index (χ4n) is 3.60. The lowest BCUT2D eigenvalue weighted by Gasteiger charge is -2.30. The smallest absolute Gasteiger partial charge is 0.234 e. The van der Waals surface area contributed by atoms with Crippen molar-refractivity contribution >= 4 is 33.4 Å². The van der Waals surface area contributed by atoms with Crippen molar-refractivity contribution in [2.75, 3.05) is 37.5 Å². The number of anilines is 1. The fourth-order valence-corrected chi connectivity index (χ4v) is 5.28. The Labute approximate surface area is 187 Å². The van der Waals surface area contributed by atoms with Gasteiger partial charge in [-0.3, -0.25) is 4.79 Å². The number of piperidine rings is 1. The lowest BCUT2D eigenvalue weighted by molar-refractivity contribution is -0.113. The van der Waals surface area contributed by atoms with E-state index in [2.05, 4.69) is 22.4 Å². The lowest BCUT2D eigenvalue weighted by atomic mass is 9.99. The fraction of sp³-hybridized carbons (Fsp3) is 0.550. The Bertz CT molecular complexity index is 991. The van der Waals surface area contributed by atoms with Gasteiger partial charge in [0.1, 0.15) is 11.6 Å². The third-order valence-corrected chi connectivity index (χ3v) is 7.35. The molecule has 11 heteroatoms. The van der Waals surface area contributed by atoms with Gasteiger partial charge in [0.15, 0.2) is 5.16 Å². The van der Waals surface area contributed by atoms with Crippen LogP contribution < -0.4 is 10.1 Å². The van der Waals surface area contributed by atoms with E-state index in [0.29, 0.717) is 23.9 Å². The van der Waals surface area contributed by atoms with E-state index in [1.54, 1.807) is 31.4 Å². The van der Waals surface area contributed by atoms with Crippen LogP contribution in [0.15, 0.2) is 29.4 Å². The molecule has 1 atom stereocenters. The predicted molar refractivity (Wildman–Crippen MR) is 121 cm³/mol. The normalized spacial score (nSPS) is 17.5. The number of amides is 1. The van der Waals surface area contributed by atoms with Crippen molar-refractivity contribution in [2.45, 2.75) is 43.8 Å². The number of nitrogens with one attached hydrogen (secondary N) is 1. The molecule has 2 heterocycles. The van der Waals surface area contributed by atoms with Crippen LogP contribution in [0.5, 0.6) is 5.75 Å². The number of thioether (sulfide) groups is 1. The van der Waals surface area contributed by atoms with E-state index in [9.17, 15) is 13.2 Å². The molecule has 0 aliphatic carbocycles. The molecule has 0 radical (unpaired) electrons. The summed E-state index contributed by atoms with van der Waals surface area (Å²) in [6.45, 7) is 3.76. The molecule has 1 aromatic heterocycles. The van der Waals surface area contributed by atoms with Gasteiger partial charge in [-0.1, -0.05) is 18.7 Å². The number of hydrogen-bond donors (Lipinski definition) is 1. The molecule has 0 unspecified atom stereocenters. The van der Waals surface area contributed by atoms with E-state index >= 15 is 0 Å². The summed E-state index contributed by atoms with van der Waals surface area (Å²) in [4.78, 5) is 12.4. The van der Waals surface area contributed by atoms with E-state index in [1.165, 1.54) is 22.3 Å². The number of carbonyl (C=O) groups excluding carboxylic acids is 1. The van der Waals surface area contributed by atoms with Gasteiger partial charge in [-0.15, -0.1) is 10.2 Å². The number of hydrogen-bond acceptors (Lipinski definition) is 7. The molecule has 1 aliphatic heterocycles. The van der Waals surface area contributed by atoms with Crippen LogP contribution in [0.2, 0.25) is 0 Å².